The van der Waals surface area contributed by atoms with E-state index in [0.29, 0.717) is 4.90 Å². The molecule has 1 saturated heterocycles. The van der Waals surface area contributed by atoms with E-state index in [0.717, 1.165) is 11.1 Å². The second-order valence-electron chi connectivity index (χ2n) is 7.26. The van der Waals surface area contributed by atoms with Crippen LogP contribution in [0.2, 0.25) is 0 Å². The van der Waals surface area contributed by atoms with Crippen molar-refractivity contribution in [3.8, 4) is 0 Å². The first-order chi connectivity index (χ1) is 11.8. The number of aryl methyl sites for hydroxylation is 1. The lowest BCUT2D eigenvalue weighted by Crippen LogP contribution is -2.28. The number of esters is 1. The second-order valence-corrected chi connectivity index (χ2v) is 8.65. The highest BCUT2D eigenvalue weighted by atomic mass is 32.2. The van der Waals surface area contributed by atoms with Crippen LogP contribution in [0.5, 0.6) is 0 Å². The van der Waals surface area contributed by atoms with Crippen molar-refractivity contribution in [1.82, 2.24) is 4.31 Å². The molecule has 2 aromatic carbocycles. The minimum atomic E-state index is -1.41. The smallest absolute Gasteiger partial charge is 0.326 e. The molecule has 132 valence electrons. The average molecular weight is 357 g/mol. The first kappa shape index (κ1) is 17.8. The van der Waals surface area contributed by atoms with Crippen LogP contribution in [0, 0.1) is 6.92 Å². The summed E-state index contributed by atoms with van der Waals surface area (Å²) < 4.78 is 20.3. The molecule has 0 spiro atoms. The molecule has 0 radical (unpaired) electrons. The molecule has 0 bridgehead atoms. The SMILES string of the molecule is Cc1ccc(S(=O)N2[C@H](C(=O)OC(C)(C)C)[C@@H]2c2ccccc2)cc1. The van der Waals surface area contributed by atoms with E-state index in [1.807, 2.05) is 82.3 Å². The minimum absolute atomic E-state index is 0.224. The van der Waals surface area contributed by atoms with Gasteiger partial charge in [0.25, 0.3) is 0 Å². The number of carbonyl (C=O) groups is 1. The Morgan fingerprint density at radius 1 is 1.04 bits per heavy atom. The first-order valence-electron chi connectivity index (χ1n) is 8.32. The summed E-state index contributed by atoms with van der Waals surface area (Å²) in [5.41, 5.74) is 1.51. The van der Waals surface area contributed by atoms with Gasteiger partial charge in [-0.2, -0.15) is 4.31 Å². The molecule has 5 heteroatoms. The van der Waals surface area contributed by atoms with Crippen LogP contribution in [0.1, 0.15) is 37.9 Å². The predicted molar refractivity (Wildman–Crippen MR) is 98.2 cm³/mol. The van der Waals surface area contributed by atoms with Gasteiger partial charge in [0.2, 0.25) is 0 Å². The van der Waals surface area contributed by atoms with E-state index in [2.05, 4.69) is 0 Å². The Bertz CT molecular complexity index is 781. The van der Waals surface area contributed by atoms with Crippen LogP contribution in [-0.2, 0) is 20.5 Å². The minimum Gasteiger partial charge on any atom is -0.459 e. The largest absolute Gasteiger partial charge is 0.459 e. The number of rotatable bonds is 4. The maximum atomic E-state index is 13.0. The summed E-state index contributed by atoms with van der Waals surface area (Å²) in [5.74, 6) is -0.332. The summed E-state index contributed by atoms with van der Waals surface area (Å²) >= 11 is 0. The quantitative estimate of drug-likeness (QED) is 0.618. The van der Waals surface area contributed by atoms with Gasteiger partial charge in [0, 0.05) is 0 Å². The molecule has 4 nitrogen and oxygen atoms in total. The van der Waals surface area contributed by atoms with Gasteiger partial charge in [-0.15, -0.1) is 0 Å². The van der Waals surface area contributed by atoms with Gasteiger partial charge < -0.3 is 4.74 Å². The Kier molecular flexibility index (Phi) is 4.80. The Labute approximate surface area is 151 Å². The fraction of sp³-hybridized carbons (Fsp3) is 0.350. The highest BCUT2D eigenvalue weighted by Crippen LogP contribution is 2.47. The van der Waals surface area contributed by atoms with E-state index >= 15 is 0 Å². The summed E-state index contributed by atoms with van der Waals surface area (Å²) in [6, 6.07) is 16.5. The summed E-state index contributed by atoms with van der Waals surface area (Å²) in [6.45, 7) is 7.50. The van der Waals surface area contributed by atoms with Gasteiger partial charge in [0.15, 0.2) is 0 Å². The van der Waals surface area contributed by atoms with Gasteiger partial charge in [-0.3, -0.25) is 4.79 Å². The van der Waals surface area contributed by atoms with Crippen molar-refractivity contribution < 1.29 is 13.7 Å². The van der Waals surface area contributed by atoms with Crippen LogP contribution < -0.4 is 0 Å². The number of carbonyl (C=O) groups excluding carboxylic acids is 1. The van der Waals surface area contributed by atoms with Crippen molar-refractivity contribution in [1.29, 1.82) is 0 Å². The van der Waals surface area contributed by atoms with Crippen molar-refractivity contribution in [2.24, 2.45) is 0 Å². The lowest BCUT2D eigenvalue weighted by Gasteiger charge is -2.19. The van der Waals surface area contributed by atoms with E-state index < -0.39 is 22.6 Å². The van der Waals surface area contributed by atoms with E-state index in [1.54, 1.807) is 4.31 Å². The second kappa shape index (κ2) is 6.73. The van der Waals surface area contributed by atoms with E-state index in [4.69, 9.17) is 4.74 Å². The zero-order chi connectivity index (χ0) is 18.2. The molecular weight excluding hydrogens is 334 g/mol. The number of nitrogens with zero attached hydrogens (tertiary/aromatic N) is 1. The zero-order valence-corrected chi connectivity index (χ0v) is 15.7. The standard InChI is InChI=1S/C20H23NO3S/c1-14-10-12-16(13-11-14)25(23)21-17(15-8-6-5-7-9-15)18(21)19(22)24-20(2,3)4/h5-13,17-18H,1-4H3/t17-,18-,21?,25?/m0/s1. The molecule has 0 amide bonds. The first-order valence-corrected chi connectivity index (χ1v) is 9.43. The van der Waals surface area contributed by atoms with E-state index in [1.165, 1.54) is 0 Å². The fourth-order valence-corrected chi connectivity index (χ4v) is 4.18. The van der Waals surface area contributed by atoms with Crippen molar-refractivity contribution >= 4 is 17.0 Å². The van der Waals surface area contributed by atoms with Crippen molar-refractivity contribution in [3.05, 3.63) is 65.7 Å². The molecule has 0 N–H and O–H groups in total. The Morgan fingerprint density at radius 3 is 2.20 bits per heavy atom. The van der Waals surface area contributed by atoms with Crippen LogP contribution >= 0.6 is 0 Å². The highest BCUT2D eigenvalue weighted by Gasteiger charge is 2.58. The lowest BCUT2D eigenvalue weighted by molar-refractivity contribution is -0.154. The summed E-state index contributed by atoms with van der Waals surface area (Å²) in [7, 11) is -1.41. The van der Waals surface area contributed by atoms with Gasteiger partial charge in [-0.1, -0.05) is 48.0 Å². The van der Waals surface area contributed by atoms with Crippen molar-refractivity contribution in [2.45, 2.75) is 50.3 Å². The van der Waals surface area contributed by atoms with Gasteiger partial charge in [0.1, 0.15) is 22.6 Å². The fourth-order valence-electron chi connectivity index (χ4n) is 2.77. The Balaban J connectivity index is 1.88. The van der Waals surface area contributed by atoms with Crippen LogP contribution in [0.25, 0.3) is 0 Å². The molecule has 0 aliphatic carbocycles. The third kappa shape index (κ3) is 3.99. The van der Waals surface area contributed by atoms with Gasteiger partial charge in [0.05, 0.1) is 10.9 Å². The van der Waals surface area contributed by atoms with Crippen LogP contribution in [-0.4, -0.2) is 26.1 Å². The average Bonchev–Trinajstić information content (AvgIpc) is 3.30. The van der Waals surface area contributed by atoms with Gasteiger partial charge in [-0.05, 0) is 45.4 Å². The lowest BCUT2D eigenvalue weighted by atomic mass is 10.1. The summed E-state index contributed by atoms with van der Waals surface area (Å²) in [5, 5.41) is 0. The van der Waals surface area contributed by atoms with Crippen molar-refractivity contribution in [3.63, 3.8) is 0 Å². The predicted octanol–water partition coefficient (Wildman–Crippen LogP) is 3.78. The van der Waals surface area contributed by atoms with Gasteiger partial charge >= 0.3 is 5.97 Å². The number of benzene rings is 2. The summed E-state index contributed by atoms with van der Waals surface area (Å²) in [4.78, 5) is 13.3. The molecule has 1 aliphatic rings. The van der Waals surface area contributed by atoms with Crippen LogP contribution in [0.3, 0.4) is 0 Å². The molecular formula is C20H23NO3S. The molecule has 25 heavy (non-hydrogen) atoms. The summed E-state index contributed by atoms with van der Waals surface area (Å²) in [6.07, 6.45) is 0. The molecule has 1 fully saturated rings. The molecule has 2 unspecified atom stereocenters. The molecule has 1 heterocycles. The third-order valence-electron chi connectivity index (χ3n) is 3.96. The molecule has 4 atom stereocenters. The zero-order valence-electron chi connectivity index (χ0n) is 14.9. The third-order valence-corrected chi connectivity index (χ3v) is 5.47. The van der Waals surface area contributed by atoms with E-state index in [-0.39, 0.29) is 12.0 Å². The van der Waals surface area contributed by atoms with Crippen molar-refractivity contribution in [2.75, 3.05) is 0 Å². The molecule has 0 aromatic heterocycles. The maximum absolute atomic E-state index is 13.0. The number of hydrogen-bond acceptors (Lipinski definition) is 3. The normalized spacial score (nSPS) is 23.8. The topological polar surface area (TPSA) is 46.4 Å². The maximum Gasteiger partial charge on any atom is 0.326 e. The monoisotopic (exact) mass is 357 g/mol. The highest BCUT2D eigenvalue weighted by molar-refractivity contribution is 7.83. The molecule has 1 aliphatic heterocycles. The Hall–Kier alpha value is -1.98. The molecule has 2 aromatic rings. The number of ether oxygens (including phenoxy) is 1. The van der Waals surface area contributed by atoms with Crippen LogP contribution in [0.4, 0.5) is 0 Å². The van der Waals surface area contributed by atoms with Gasteiger partial charge in [-0.25, -0.2) is 4.21 Å². The van der Waals surface area contributed by atoms with E-state index in [9.17, 15) is 9.00 Å². The Morgan fingerprint density at radius 2 is 1.64 bits per heavy atom. The number of hydrogen-bond donors (Lipinski definition) is 0. The molecule has 0 saturated carbocycles. The van der Waals surface area contributed by atoms with Crippen LogP contribution in [0.15, 0.2) is 59.5 Å². The molecule has 3 rings (SSSR count).